The van der Waals surface area contributed by atoms with Crippen molar-refractivity contribution in [3.05, 3.63) is 24.2 Å². The Bertz CT molecular complexity index is 541. The van der Waals surface area contributed by atoms with Gasteiger partial charge in [-0.25, -0.2) is 9.97 Å². The lowest BCUT2D eigenvalue weighted by Crippen LogP contribution is -2.10. The summed E-state index contributed by atoms with van der Waals surface area (Å²) in [6.07, 6.45) is 4.44. The Morgan fingerprint density at radius 3 is 3.11 bits per heavy atom. The predicted molar refractivity (Wildman–Crippen MR) is 76.8 cm³/mol. The van der Waals surface area contributed by atoms with Crippen LogP contribution in [-0.2, 0) is 6.54 Å². The Labute approximate surface area is 112 Å². The molecule has 1 unspecified atom stereocenters. The first kappa shape index (κ1) is 12.0. The first-order chi connectivity index (χ1) is 8.75. The fraction of sp³-hybridized carbons (Fsp3) is 0.571. The topological polar surface area (TPSA) is 30.7 Å². The molecular formula is C14H19N3S. The third-order valence-electron chi connectivity index (χ3n) is 3.30. The summed E-state index contributed by atoms with van der Waals surface area (Å²) in [6, 6.07) is 4.04. The van der Waals surface area contributed by atoms with Crippen molar-refractivity contribution in [3.8, 4) is 0 Å². The molecule has 0 spiro atoms. The number of fused-ring (bicyclic) bond motifs is 1. The van der Waals surface area contributed by atoms with E-state index in [1.54, 1.807) is 0 Å². The van der Waals surface area contributed by atoms with Gasteiger partial charge in [-0.2, -0.15) is 11.8 Å². The largest absolute Gasteiger partial charge is 0.312 e. The molecule has 2 aromatic rings. The van der Waals surface area contributed by atoms with E-state index in [1.807, 2.05) is 24.0 Å². The van der Waals surface area contributed by atoms with E-state index in [4.69, 9.17) is 4.98 Å². The van der Waals surface area contributed by atoms with Crippen LogP contribution in [0, 0.1) is 5.92 Å². The van der Waals surface area contributed by atoms with Crippen molar-refractivity contribution in [1.29, 1.82) is 0 Å². The molecule has 3 nitrogen and oxygen atoms in total. The number of aromatic nitrogens is 3. The first-order valence-electron chi connectivity index (χ1n) is 6.68. The number of rotatable bonds is 3. The van der Waals surface area contributed by atoms with Gasteiger partial charge in [0.25, 0.3) is 0 Å². The number of nitrogens with zero attached hydrogens (tertiary/aromatic N) is 3. The van der Waals surface area contributed by atoms with Crippen molar-refractivity contribution in [2.45, 2.75) is 38.5 Å². The molecule has 2 aromatic heterocycles. The summed E-state index contributed by atoms with van der Waals surface area (Å²) in [5.74, 6) is 3.12. The molecule has 0 N–H and O–H groups in total. The highest BCUT2D eigenvalue weighted by atomic mass is 32.2. The highest BCUT2D eigenvalue weighted by Gasteiger charge is 2.24. The van der Waals surface area contributed by atoms with Crippen molar-refractivity contribution in [2.24, 2.45) is 5.92 Å². The van der Waals surface area contributed by atoms with Crippen LogP contribution in [0.15, 0.2) is 18.3 Å². The van der Waals surface area contributed by atoms with Gasteiger partial charge in [0.05, 0.1) is 5.25 Å². The van der Waals surface area contributed by atoms with Crippen LogP contribution in [0.25, 0.3) is 11.2 Å². The third-order valence-corrected chi connectivity index (χ3v) is 4.67. The number of hydrogen-bond acceptors (Lipinski definition) is 3. The zero-order valence-electron chi connectivity index (χ0n) is 11.0. The standard InChI is InChI=1S/C14H19N3S/c1-10(2)9-17-13-11(5-3-7-15-13)16-14(17)12-6-4-8-18-12/h3,5,7,10,12H,4,6,8-9H2,1-2H3. The van der Waals surface area contributed by atoms with Gasteiger partial charge >= 0.3 is 0 Å². The zero-order valence-corrected chi connectivity index (χ0v) is 11.8. The molecule has 3 rings (SSSR count). The van der Waals surface area contributed by atoms with E-state index < -0.39 is 0 Å². The lowest BCUT2D eigenvalue weighted by Gasteiger charge is -2.14. The number of imidazole rings is 1. The quantitative estimate of drug-likeness (QED) is 0.845. The SMILES string of the molecule is CC(C)Cn1c(C2CCCS2)nc2cccnc21. The van der Waals surface area contributed by atoms with E-state index in [2.05, 4.69) is 29.5 Å². The maximum absolute atomic E-state index is 4.83. The van der Waals surface area contributed by atoms with Crippen LogP contribution in [0.5, 0.6) is 0 Å². The van der Waals surface area contributed by atoms with Gasteiger partial charge in [-0.05, 0) is 36.6 Å². The zero-order chi connectivity index (χ0) is 12.5. The monoisotopic (exact) mass is 261 g/mol. The summed E-state index contributed by atoms with van der Waals surface area (Å²) in [5.41, 5.74) is 2.09. The molecule has 18 heavy (non-hydrogen) atoms. The van der Waals surface area contributed by atoms with Gasteiger partial charge in [-0.15, -0.1) is 0 Å². The van der Waals surface area contributed by atoms with Crippen molar-refractivity contribution < 1.29 is 0 Å². The molecule has 4 heteroatoms. The minimum Gasteiger partial charge on any atom is -0.312 e. The third kappa shape index (κ3) is 2.14. The molecule has 96 valence electrons. The van der Waals surface area contributed by atoms with Crippen molar-refractivity contribution in [3.63, 3.8) is 0 Å². The van der Waals surface area contributed by atoms with Crippen LogP contribution in [0.4, 0.5) is 0 Å². The molecule has 0 aliphatic carbocycles. The lowest BCUT2D eigenvalue weighted by molar-refractivity contribution is 0.511. The van der Waals surface area contributed by atoms with E-state index in [0.29, 0.717) is 11.2 Å². The van der Waals surface area contributed by atoms with E-state index in [1.165, 1.54) is 24.4 Å². The molecule has 1 fully saturated rings. The molecular weight excluding hydrogens is 242 g/mol. The summed E-state index contributed by atoms with van der Waals surface area (Å²) in [7, 11) is 0. The minimum atomic E-state index is 0.568. The van der Waals surface area contributed by atoms with Crippen LogP contribution >= 0.6 is 11.8 Å². The Kier molecular flexibility index (Phi) is 3.29. The summed E-state index contributed by atoms with van der Waals surface area (Å²) in [4.78, 5) is 9.34. The molecule has 0 saturated carbocycles. The summed E-state index contributed by atoms with van der Waals surface area (Å²) in [6.45, 7) is 5.51. The average Bonchev–Trinajstić information content (AvgIpc) is 2.96. The van der Waals surface area contributed by atoms with Gasteiger partial charge < -0.3 is 4.57 Å². The smallest absolute Gasteiger partial charge is 0.160 e. The van der Waals surface area contributed by atoms with Gasteiger partial charge in [0, 0.05) is 12.7 Å². The van der Waals surface area contributed by atoms with Gasteiger partial charge in [0.15, 0.2) is 5.65 Å². The Morgan fingerprint density at radius 1 is 1.50 bits per heavy atom. The van der Waals surface area contributed by atoms with Gasteiger partial charge in [0.1, 0.15) is 11.3 Å². The number of hydrogen-bond donors (Lipinski definition) is 0. The molecule has 0 amide bonds. The van der Waals surface area contributed by atoms with Gasteiger partial charge in [0.2, 0.25) is 0 Å². The highest BCUT2D eigenvalue weighted by Crippen LogP contribution is 2.40. The normalized spacial score (nSPS) is 20.1. The number of pyridine rings is 1. The summed E-state index contributed by atoms with van der Waals surface area (Å²) in [5, 5.41) is 0.568. The molecule has 1 saturated heterocycles. The van der Waals surface area contributed by atoms with E-state index >= 15 is 0 Å². The average molecular weight is 261 g/mol. The molecule has 0 aromatic carbocycles. The van der Waals surface area contributed by atoms with Crippen LogP contribution in [0.3, 0.4) is 0 Å². The fourth-order valence-corrected chi connectivity index (χ4v) is 3.83. The molecule has 1 aliphatic heterocycles. The second-order valence-corrected chi connectivity index (χ2v) is 6.63. The summed E-state index contributed by atoms with van der Waals surface area (Å²) >= 11 is 2.04. The fourth-order valence-electron chi connectivity index (χ4n) is 2.55. The predicted octanol–water partition coefficient (Wildman–Crippen LogP) is 3.66. The van der Waals surface area contributed by atoms with Crippen molar-refractivity contribution in [1.82, 2.24) is 14.5 Å². The van der Waals surface area contributed by atoms with Crippen LogP contribution in [0.2, 0.25) is 0 Å². The van der Waals surface area contributed by atoms with Gasteiger partial charge in [-0.3, -0.25) is 0 Å². The molecule has 3 heterocycles. The summed E-state index contributed by atoms with van der Waals surface area (Å²) < 4.78 is 2.34. The van der Waals surface area contributed by atoms with Crippen molar-refractivity contribution >= 4 is 22.9 Å². The molecule has 1 aliphatic rings. The van der Waals surface area contributed by atoms with E-state index in [0.717, 1.165) is 17.7 Å². The molecule has 1 atom stereocenters. The Hall–Kier alpha value is -1.03. The second-order valence-electron chi connectivity index (χ2n) is 5.32. The maximum Gasteiger partial charge on any atom is 0.160 e. The first-order valence-corrected chi connectivity index (χ1v) is 7.73. The van der Waals surface area contributed by atoms with Crippen LogP contribution < -0.4 is 0 Å². The number of thioether (sulfide) groups is 1. The van der Waals surface area contributed by atoms with Crippen LogP contribution in [0.1, 0.15) is 37.8 Å². The van der Waals surface area contributed by atoms with Crippen molar-refractivity contribution in [2.75, 3.05) is 5.75 Å². The molecule has 0 bridgehead atoms. The Morgan fingerprint density at radius 2 is 2.39 bits per heavy atom. The Balaban J connectivity index is 2.10. The second kappa shape index (κ2) is 4.92. The molecule has 0 radical (unpaired) electrons. The minimum absolute atomic E-state index is 0.568. The van der Waals surface area contributed by atoms with Crippen LogP contribution in [-0.4, -0.2) is 20.3 Å². The van der Waals surface area contributed by atoms with Gasteiger partial charge in [-0.1, -0.05) is 13.8 Å². The van der Waals surface area contributed by atoms with E-state index in [-0.39, 0.29) is 0 Å². The van der Waals surface area contributed by atoms with E-state index in [9.17, 15) is 0 Å². The maximum atomic E-state index is 4.83. The lowest BCUT2D eigenvalue weighted by atomic mass is 10.2. The highest BCUT2D eigenvalue weighted by molar-refractivity contribution is 7.99.